The molecule has 10 heteroatoms. The number of aliphatic hydroxyl groups is 6. The van der Waals surface area contributed by atoms with E-state index in [1.54, 1.807) is 27.7 Å². The maximum atomic E-state index is 12.9. The molecule has 6 N–H and O–H groups in total. The van der Waals surface area contributed by atoms with Crippen LogP contribution in [0.25, 0.3) is 0 Å². The second-order valence-corrected chi connectivity index (χ2v) is 16.9. The summed E-state index contributed by atoms with van der Waals surface area (Å²) < 4.78 is 12.7. The molecular formula is C32H51NO9. The minimum Gasteiger partial charge on any atom is -0.456 e. The Morgan fingerprint density at radius 3 is 2.24 bits per heavy atom. The fourth-order valence-electron chi connectivity index (χ4n) is 11.8. The third kappa shape index (κ3) is 3.12. The van der Waals surface area contributed by atoms with Crippen LogP contribution >= 0.6 is 0 Å². The summed E-state index contributed by atoms with van der Waals surface area (Å²) in [5.74, 6) is -3.93. The molecule has 4 bridgehead atoms. The zero-order chi connectivity index (χ0) is 30.7. The topological polar surface area (TPSA) is 160 Å². The van der Waals surface area contributed by atoms with E-state index in [1.807, 2.05) is 0 Å². The molecule has 7 rings (SSSR count). The number of hydrogen-bond acceptors (Lipinski definition) is 10. The zero-order valence-corrected chi connectivity index (χ0v) is 26.0. The number of aliphatic hydroxyl groups excluding tert-OH is 1. The van der Waals surface area contributed by atoms with Gasteiger partial charge in [0, 0.05) is 55.1 Å². The van der Waals surface area contributed by atoms with E-state index >= 15 is 0 Å². The SMILES string of the molecule is C[C@H]1CC[C@@H]2N(C1)C[C@@H]1[C@](O)([C@@H](O)C[C@@]3(O)[C@@H]4CC[C@@H]5[C@]6(O)O[C@@]4(C[C@@]13O)[C@@]5(C)CC[C@@H]6OC(=O)C(C)(C)C)[C@]2(C)O. The van der Waals surface area contributed by atoms with Gasteiger partial charge in [-0.1, -0.05) is 13.8 Å². The highest BCUT2D eigenvalue weighted by molar-refractivity contribution is 5.75. The molecule has 0 aromatic rings. The maximum Gasteiger partial charge on any atom is 0.311 e. The number of carbonyl (C=O) groups excluding carboxylic acids is 1. The van der Waals surface area contributed by atoms with Crippen molar-refractivity contribution >= 4 is 5.97 Å². The van der Waals surface area contributed by atoms with Crippen LogP contribution < -0.4 is 0 Å². The van der Waals surface area contributed by atoms with Gasteiger partial charge >= 0.3 is 5.97 Å². The molecule has 7 aliphatic rings. The van der Waals surface area contributed by atoms with Crippen LogP contribution in [0, 0.1) is 34.5 Å². The normalized spacial score (nSPS) is 60.2. The Morgan fingerprint density at radius 2 is 1.57 bits per heavy atom. The van der Waals surface area contributed by atoms with Gasteiger partial charge in [0.05, 0.1) is 17.1 Å². The van der Waals surface area contributed by atoms with Crippen LogP contribution in [0.2, 0.25) is 0 Å². The molecule has 4 saturated carbocycles. The van der Waals surface area contributed by atoms with E-state index in [1.165, 1.54) is 0 Å². The summed E-state index contributed by atoms with van der Waals surface area (Å²) >= 11 is 0. The van der Waals surface area contributed by atoms with Crippen LogP contribution in [-0.2, 0) is 14.3 Å². The van der Waals surface area contributed by atoms with Crippen molar-refractivity contribution in [2.75, 3.05) is 13.1 Å². The fourth-order valence-corrected chi connectivity index (χ4v) is 11.8. The van der Waals surface area contributed by atoms with Gasteiger partial charge in [-0.2, -0.15) is 0 Å². The molecule has 0 radical (unpaired) electrons. The van der Waals surface area contributed by atoms with Gasteiger partial charge in [-0.05, 0) is 72.1 Å². The van der Waals surface area contributed by atoms with Gasteiger partial charge in [-0.15, -0.1) is 0 Å². The van der Waals surface area contributed by atoms with E-state index in [0.717, 1.165) is 6.42 Å². The molecule has 4 aliphatic carbocycles. The largest absolute Gasteiger partial charge is 0.456 e. The molecule has 42 heavy (non-hydrogen) atoms. The summed E-state index contributed by atoms with van der Waals surface area (Å²) in [6.07, 6.45) is 0.703. The third-order valence-electron chi connectivity index (χ3n) is 13.9. The Bertz CT molecular complexity index is 1190. The Labute approximate surface area is 248 Å². The first-order chi connectivity index (χ1) is 19.2. The van der Waals surface area contributed by atoms with Gasteiger partial charge < -0.3 is 40.1 Å². The predicted molar refractivity (Wildman–Crippen MR) is 150 cm³/mol. The minimum absolute atomic E-state index is 0.0553. The molecule has 7 fully saturated rings. The predicted octanol–water partition coefficient (Wildman–Crippen LogP) is 1.07. The number of nitrogens with zero attached hydrogens (tertiary/aromatic N) is 1. The van der Waals surface area contributed by atoms with E-state index in [4.69, 9.17) is 9.47 Å². The lowest BCUT2D eigenvalue weighted by Gasteiger charge is -2.68. The second-order valence-electron chi connectivity index (χ2n) is 16.9. The molecule has 0 aromatic carbocycles. The highest BCUT2D eigenvalue weighted by atomic mass is 16.7. The average molecular weight is 594 g/mol. The first kappa shape index (κ1) is 29.8. The van der Waals surface area contributed by atoms with Gasteiger partial charge in [0.2, 0.25) is 5.79 Å². The second kappa shape index (κ2) is 8.29. The smallest absolute Gasteiger partial charge is 0.311 e. The minimum atomic E-state index is -2.06. The molecule has 0 unspecified atom stereocenters. The highest BCUT2D eigenvalue weighted by Gasteiger charge is 2.88. The maximum absolute atomic E-state index is 12.9. The summed E-state index contributed by atoms with van der Waals surface area (Å²) in [7, 11) is 0. The highest BCUT2D eigenvalue weighted by Crippen LogP contribution is 2.78. The zero-order valence-electron chi connectivity index (χ0n) is 26.0. The molecule has 0 amide bonds. The van der Waals surface area contributed by atoms with E-state index < -0.39 is 74.6 Å². The Morgan fingerprint density at radius 1 is 0.905 bits per heavy atom. The molecule has 1 spiro atoms. The van der Waals surface area contributed by atoms with Crippen molar-refractivity contribution in [1.29, 1.82) is 0 Å². The van der Waals surface area contributed by atoms with Crippen LogP contribution in [0.15, 0.2) is 0 Å². The molecule has 3 saturated heterocycles. The van der Waals surface area contributed by atoms with Crippen molar-refractivity contribution in [3.63, 3.8) is 0 Å². The van der Waals surface area contributed by atoms with E-state index in [0.29, 0.717) is 44.6 Å². The Kier molecular flexibility index (Phi) is 5.89. The van der Waals surface area contributed by atoms with Gasteiger partial charge in [0.25, 0.3) is 0 Å². The molecule has 14 atom stereocenters. The number of fused-ring (bicyclic) bond motifs is 5. The average Bonchev–Trinajstić information content (AvgIpc) is 3.05. The monoisotopic (exact) mass is 593 g/mol. The van der Waals surface area contributed by atoms with E-state index in [-0.39, 0.29) is 31.3 Å². The molecular weight excluding hydrogens is 542 g/mol. The van der Waals surface area contributed by atoms with Crippen molar-refractivity contribution in [3.8, 4) is 0 Å². The van der Waals surface area contributed by atoms with E-state index in [9.17, 15) is 35.4 Å². The molecule has 238 valence electrons. The quantitative estimate of drug-likeness (QED) is 0.243. The first-order valence-corrected chi connectivity index (χ1v) is 16.2. The number of carbonyl (C=O) groups is 1. The summed E-state index contributed by atoms with van der Waals surface area (Å²) in [4.78, 5) is 15.1. The number of esters is 1. The number of ether oxygens (including phenoxy) is 2. The number of hydrogen-bond donors (Lipinski definition) is 6. The lowest BCUT2D eigenvalue weighted by Crippen LogP contribution is -2.85. The number of rotatable bonds is 1. The molecule has 0 aromatic heterocycles. The van der Waals surface area contributed by atoms with Gasteiger partial charge in [0.1, 0.15) is 22.4 Å². The third-order valence-corrected chi connectivity index (χ3v) is 13.9. The van der Waals surface area contributed by atoms with Crippen LogP contribution in [0.3, 0.4) is 0 Å². The van der Waals surface area contributed by atoms with Crippen molar-refractivity contribution in [2.24, 2.45) is 34.5 Å². The molecule has 3 aliphatic heterocycles. The van der Waals surface area contributed by atoms with E-state index in [2.05, 4.69) is 18.7 Å². The number of piperidine rings is 2. The molecule has 10 nitrogen and oxygen atoms in total. The Hall–Kier alpha value is -0.850. The van der Waals surface area contributed by atoms with Crippen LogP contribution in [0.4, 0.5) is 0 Å². The van der Waals surface area contributed by atoms with Crippen LogP contribution in [0.5, 0.6) is 0 Å². The lowest BCUT2D eigenvalue weighted by atomic mass is 9.49. The summed E-state index contributed by atoms with van der Waals surface area (Å²) in [5, 5.41) is 74.0. The van der Waals surface area contributed by atoms with Crippen LogP contribution in [-0.4, -0.2) is 107 Å². The van der Waals surface area contributed by atoms with Crippen molar-refractivity contribution < 1.29 is 44.9 Å². The van der Waals surface area contributed by atoms with Gasteiger partial charge in [0.15, 0.2) is 6.10 Å². The lowest BCUT2D eigenvalue weighted by molar-refractivity contribution is -0.354. The van der Waals surface area contributed by atoms with Gasteiger partial charge in [-0.25, -0.2) is 0 Å². The molecule has 3 heterocycles. The summed E-state index contributed by atoms with van der Waals surface area (Å²) in [6, 6.07) is -0.385. The van der Waals surface area contributed by atoms with Crippen LogP contribution in [0.1, 0.15) is 92.9 Å². The summed E-state index contributed by atoms with van der Waals surface area (Å²) in [6.45, 7) is 12.0. The summed E-state index contributed by atoms with van der Waals surface area (Å²) in [5.41, 5.74) is -10.1. The first-order valence-electron chi connectivity index (χ1n) is 16.2. The fraction of sp³-hybridized carbons (Fsp3) is 0.969. The van der Waals surface area contributed by atoms with Gasteiger partial charge in [-0.3, -0.25) is 9.69 Å². The Balaban J connectivity index is 1.32. The van der Waals surface area contributed by atoms with Crippen molar-refractivity contribution in [1.82, 2.24) is 4.90 Å². The van der Waals surface area contributed by atoms with Crippen molar-refractivity contribution in [2.45, 2.75) is 145 Å². The van der Waals surface area contributed by atoms with Crippen molar-refractivity contribution in [3.05, 3.63) is 0 Å². The standard InChI is InChI=1S/C32H51NO9/c1-17-7-10-21-27(6,36)31(39)20(15-33(21)14-17)29(38)16-30-19(28(29,37)13-22(31)34)9-8-18-26(30,5)12-11-23(32(18,40)42-30)41-24(35)25(2,3)4/h17-23,34,36-40H,7-16H2,1-6H3/t17-,18-,19-,20-,21-,22-,23-,26-,27+,28+,29+,30+,31-,32-/m0/s1.